The van der Waals surface area contributed by atoms with E-state index >= 15 is 0 Å². The third-order valence-corrected chi connectivity index (χ3v) is 7.61. The predicted molar refractivity (Wildman–Crippen MR) is 108 cm³/mol. The van der Waals surface area contributed by atoms with Gasteiger partial charge in [0.15, 0.2) is 0 Å². The highest BCUT2D eigenvalue weighted by atomic mass is 32.2. The van der Waals surface area contributed by atoms with Crippen LogP contribution in [0.3, 0.4) is 0 Å². The summed E-state index contributed by atoms with van der Waals surface area (Å²) in [6.07, 6.45) is 0.172. The first-order valence-electron chi connectivity index (χ1n) is 10.1. The van der Waals surface area contributed by atoms with Gasteiger partial charge in [-0.3, -0.25) is 0 Å². The van der Waals surface area contributed by atoms with E-state index in [-0.39, 0.29) is 11.6 Å². The minimum Gasteiger partial charge on any atom is -0.439 e. The Balaban J connectivity index is 1.44. The number of sulfonamides is 1. The summed E-state index contributed by atoms with van der Waals surface area (Å²) in [6.45, 7) is 0.468. The van der Waals surface area contributed by atoms with E-state index in [1.165, 1.54) is 0 Å². The summed E-state index contributed by atoms with van der Waals surface area (Å²) in [5.74, 6) is 0.883. The Hall–Kier alpha value is -2.62. The van der Waals surface area contributed by atoms with Crippen LogP contribution in [0.2, 0.25) is 0 Å². The molecule has 0 unspecified atom stereocenters. The highest BCUT2D eigenvalue weighted by Crippen LogP contribution is 2.49. The molecule has 1 aromatic heterocycles. The standard InChI is InChI=1S/C21H20F3N3O3S/c22-21(23,24)15-7-10-25-18(13-15)30-17-3-1-14(2-4-17)20-8-5-16(6-9-20)27-11-12-31(28,29)26-19(20)27/h1-4,7,10,13,16H,5-6,8-9,11-12H2. The minimum atomic E-state index is -4.48. The Bertz CT molecular complexity index is 1140. The van der Waals surface area contributed by atoms with Crippen molar-refractivity contribution in [1.82, 2.24) is 9.88 Å². The van der Waals surface area contributed by atoms with Crippen LogP contribution in [0.15, 0.2) is 47.0 Å². The molecular formula is C21H20F3N3O3S. The molecule has 10 heteroatoms. The van der Waals surface area contributed by atoms with Crippen molar-refractivity contribution in [1.29, 1.82) is 0 Å². The molecule has 2 bridgehead atoms. The van der Waals surface area contributed by atoms with Gasteiger partial charge < -0.3 is 9.64 Å². The molecule has 4 aliphatic rings. The first kappa shape index (κ1) is 20.3. The molecule has 1 aromatic carbocycles. The molecule has 0 atom stereocenters. The molecule has 6 rings (SSSR count). The molecule has 0 amide bonds. The number of alkyl halides is 3. The first-order chi connectivity index (χ1) is 14.7. The van der Waals surface area contributed by atoms with E-state index in [1.807, 2.05) is 12.1 Å². The average Bonchev–Trinajstić information content (AvgIpc) is 2.74. The highest BCUT2D eigenvalue weighted by Gasteiger charge is 2.52. The summed E-state index contributed by atoms with van der Waals surface area (Å²) in [5, 5.41) is 0. The quantitative estimate of drug-likeness (QED) is 0.702. The molecule has 2 aromatic rings. The predicted octanol–water partition coefficient (Wildman–Crippen LogP) is 4.13. The molecule has 1 aliphatic carbocycles. The summed E-state index contributed by atoms with van der Waals surface area (Å²) in [7, 11) is -3.47. The number of fused-ring (bicyclic) bond motifs is 2. The third-order valence-electron chi connectivity index (χ3n) is 6.46. The first-order valence-corrected chi connectivity index (χ1v) is 11.7. The minimum absolute atomic E-state index is 0.0415. The van der Waals surface area contributed by atoms with E-state index in [1.54, 1.807) is 12.1 Å². The van der Waals surface area contributed by atoms with Gasteiger partial charge >= 0.3 is 6.18 Å². The van der Waals surface area contributed by atoms with Crippen molar-refractivity contribution in [2.75, 3.05) is 12.3 Å². The van der Waals surface area contributed by atoms with Crippen LogP contribution < -0.4 is 4.74 Å². The Morgan fingerprint density at radius 2 is 1.81 bits per heavy atom. The number of amidine groups is 1. The van der Waals surface area contributed by atoms with Crippen LogP contribution in [0.1, 0.15) is 36.8 Å². The number of halogens is 3. The molecular weight excluding hydrogens is 431 g/mol. The van der Waals surface area contributed by atoms with Crippen molar-refractivity contribution in [3.8, 4) is 11.6 Å². The largest absolute Gasteiger partial charge is 0.439 e. The van der Waals surface area contributed by atoms with E-state index in [0.29, 0.717) is 24.2 Å². The number of hydrogen-bond donors (Lipinski definition) is 0. The molecule has 3 aliphatic heterocycles. The number of aromatic nitrogens is 1. The molecule has 2 saturated heterocycles. The van der Waals surface area contributed by atoms with E-state index < -0.39 is 27.2 Å². The van der Waals surface area contributed by atoms with Gasteiger partial charge in [-0.25, -0.2) is 13.4 Å². The Morgan fingerprint density at radius 3 is 2.48 bits per heavy atom. The maximum absolute atomic E-state index is 12.9. The van der Waals surface area contributed by atoms with Crippen LogP contribution in [-0.4, -0.2) is 42.5 Å². The number of hydrogen-bond acceptors (Lipinski definition) is 5. The van der Waals surface area contributed by atoms with Crippen LogP contribution in [0.25, 0.3) is 0 Å². The van der Waals surface area contributed by atoms with E-state index in [0.717, 1.165) is 49.6 Å². The average molecular weight is 451 g/mol. The fourth-order valence-corrected chi connectivity index (χ4v) is 5.98. The summed E-state index contributed by atoms with van der Waals surface area (Å²) in [6, 6.07) is 9.12. The van der Waals surface area contributed by atoms with E-state index in [4.69, 9.17) is 4.74 Å². The highest BCUT2D eigenvalue weighted by molar-refractivity contribution is 7.90. The summed E-state index contributed by atoms with van der Waals surface area (Å²) in [5.41, 5.74) is -0.352. The molecule has 164 valence electrons. The van der Waals surface area contributed by atoms with Gasteiger partial charge in [-0.1, -0.05) is 12.1 Å². The van der Waals surface area contributed by atoms with Crippen LogP contribution in [0.4, 0.5) is 13.2 Å². The van der Waals surface area contributed by atoms with Gasteiger partial charge in [0.1, 0.15) is 11.6 Å². The number of piperidine rings is 2. The molecule has 4 heterocycles. The van der Waals surface area contributed by atoms with Gasteiger partial charge in [-0.15, -0.1) is 4.40 Å². The fraction of sp³-hybridized carbons (Fsp3) is 0.429. The zero-order chi connectivity index (χ0) is 21.9. The van der Waals surface area contributed by atoms with Crippen molar-refractivity contribution < 1.29 is 26.3 Å². The van der Waals surface area contributed by atoms with Crippen molar-refractivity contribution in [3.63, 3.8) is 0 Å². The Kier molecular flexibility index (Phi) is 4.55. The van der Waals surface area contributed by atoms with Gasteiger partial charge in [0.05, 0.1) is 16.7 Å². The normalized spacial score (nSPS) is 26.9. The lowest BCUT2D eigenvalue weighted by atomic mass is 9.63. The second kappa shape index (κ2) is 6.94. The van der Waals surface area contributed by atoms with Gasteiger partial charge in [0.2, 0.25) is 5.88 Å². The van der Waals surface area contributed by atoms with Crippen molar-refractivity contribution in [3.05, 3.63) is 53.7 Å². The maximum atomic E-state index is 12.9. The molecule has 1 saturated carbocycles. The van der Waals surface area contributed by atoms with Gasteiger partial charge in [0, 0.05) is 24.8 Å². The molecule has 3 fully saturated rings. The lowest BCUT2D eigenvalue weighted by Crippen LogP contribution is -2.62. The van der Waals surface area contributed by atoms with Gasteiger partial charge in [-0.05, 0) is 49.4 Å². The second-order valence-corrected chi connectivity index (χ2v) is 9.97. The van der Waals surface area contributed by atoms with Gasteiger partial charge in [0.25, 0.3) is 10.0 Å². The van der Waals surface area contributed by atoms with Crippen molar-refractivity contribution in [2.24, 2.45) is 4.40 Å². The topological polar surface area (TPSA) is 71.9 Å². The smallest absolute Gasteiger partial charge is 0.416 e. The molecule has 31 heavy (non-hydrogen) atoms. The second-order valence-electron chi connectivity index (χ2n) is 8.21. The SMILES string of the molecule is O=S1(=O)CCN2C(=N1)C1(c3ccc(Oc4cc(C(F)(F)F)ccn4)cc3)CCC2CC1. The fourth-order valence-electron chi connectivity index (χ4n) is 4.92. The van der Waals surface area contributed by atoms with Crippen LogP contribution >= 0.6 is 0 Å². The van der Waals surface area contributed by atoms with E-state index in [9.17, 15) is 21.6 Å². The summed E-state index contributed by atoms with van der Waals surface area (Å²) >= 11 is 0. The van der Waals surface area contributed by atoms with Crippen molar-refractivity contribution >= 4 is 15.9 Å². The Morgan fingerprint density at radius 1 is 1.10 bits per heavy atom. The monoisotopic (exact) mass is 451 g/mol. The van der Waals surface area contributed by atoms with Crippen molar-refractivity contribution in [2.45, 2.75) is 43.3 Å². The molecule has 6 nitrogen and oxygen atoms in total. The maximum Gasteiger partial charge on any atom is 0.416 e. The van der Waals surface area contributed by atoms with Crippen LogP contribution in [0.5, 0.6) is 11.6 Å². The lowest BCUT2D eigenvalue weighted by molar-refractivity contribution is -0.137. The van der Waals surface area contributed by atoms with Crippen LogP contribution in [0, 0.1) is 0 Å². The third kappa shape index (κ3) is 3.56. The number of ether oxygens (including phenoxy) is 1. The number of rotatable bonds is 3. The number of pyridine rings is 1. The molecule has 0 spiro atoms. The van der Waals surface area contributed by atoms with E-state index in [2.05, 4.69) is 14.3 Å². The number of nitrogens with zero attached hydrogens (tertiary/aromatic N) is 3. The lowest BCUT2D eigenvalue weighted by Gasteiger charge is -2.55. The summed E-state index contributed by atoms with van der Waals surface area (Å²) in [4.78, 5) is 6.00. The molecule has 0 radical (unpaired) electrons. The zero-order valence-electron chi connectivity index (χ0n) is 16.5. The van der Waals surface area contributed by atoms with Crippen LogP contribution in [-0.2, 0) is 21.6 Å². The zero-order valence-corrected chi connectivity index (χ0v) is 17.3. The number of benzene rings is 1. The Labute approximate surface area is 177 Å². The summed E-state index contributed by atoms with van der Waals surface area (Å²) < 4.78 is 72.8. The van der Waals surface area contributed by atoms with Gasteiger partial charge in [-0.2, -0.15) is 13.2 Å². The molecule has 0 N–H and O–H groups in total.